The van der Waals surface area contributed by atoms with Gasteiger partial charge in [-0.05, 0) is 12.8 Å². The molecule has 0 N–H and O–H groups in total. The normalized spacial score (nSPS) is 41.6. The van der Waals surface area contributed by atoms with Gasteiger partial charge in [0.25, 0.3) is 0 Å². The van der Waals surface area contributed by atoms with Gasteiger partial charge in [0, 0.05) is 11.8 Å². The van der Waals surface area contributed by atoms with Crippen molar-refractivity contribution in [1.29, 1.82) is 0 Å². The minimum Gasteiger partial charge on any atom is -0.381 e. The highest BCUT2D eigenvalue weighted by Crippen LogP contribution is 2.37. The zero-order valence-corrected chi connectivity index (χ0v) is 6.32. The molecular formula is C8H11NO2. The number of ether oxygens (including phenoxy) is 1. The lowest BCUT2D eigenvalue weighted by molar-refractivity contribution is 0.0348. The molecule has 2 bridgehead atoms. The second kappa shape index (κ2) is 2.76. The van der Waals surface area contributed by atoms with Crippen LogP contribution in [-0.2, 0) is 9.53 Å². The minimum atomic E-state index is 0.223. The average Bonchev–Trinajstić information content (AvgIpc) is 2.30. The van der Waals surface area contributed by atoms with Crippen molar-refractivity contribution in [3.63, 3.8) is 0 Å². The Hall–Kier alpha value is -0.660. The van der Waals surface area contributed by atoms with E-state index in [0.717, 1.165) is 13.2 Å². The van der Waals surface area contributed by atoms with Crippen LogP contribution in [0.25, 0.3) is 0 Å². The van der Waals surface area contributed by atoms with E-state index in [1.165, 1.54) is 12.8 Å². The number of fused-ring (bicyclic) bond motifs is 2. The van der Waals surface area contributed by atoms with Crippen molar-refractivity contribution in [3.05, 3.63) is 0 Å². The summed E-state index contributed by atoms with van der Waals surface area (Å²) in [4.78, 5) is 13.9. The lowest BCUT2D eigenvalue weighted by Crippen LogP contribution is -2.31. The Balaban J connectivity index is 2.14. The number of isocyanates is 1. The molecule has 2 atom stereocenters. The third-order valence-electron chi connectivity index (χ3n) is 2.74. The van der Waals surface area contributed by atoms with Gasteiger partial charge in [-0.1, -0.05) is 0 Å². The highest BCUT2D eigenvalue weighted by Gasteiger charge is 2.39. The standard InChI is InChI=1S/C8H11NO2/c10-5-9-8-6-1-2-7(8)4-11-3-6/h6-8H,1-4H2. The molecule has 0 aromatic carbocycles. The summed E-state index contributed by atoms with van der Waals surface area (Å²) in [6.07, 6.45) is 3.99. The van der Waals surface area contributed by atoms with Crippen LogP contribution in [0.1, 0.15) is 12.8 Å². The predicted octanol–water partition coefficient (Wildman–Crippen LogP) is 0.747. The van der Waals surface area contributed by atoms with E-state index in [1.54, 1.807) is 6.08 Å². The van der Waals surface area contributed by atoms with Crippen LogP contribution in [0, 0.1) is 11.8 Å². The SMILES string of the molecule is O=C=NC1C2CCC1COC2. The molecule has 1 heterocycles. The Bertz CT molecular complexity index is 182. The minimum absolute atomic E-state index is 0.223. The molecule has 3 nitrogen and oxygen atoms in total. The number of hydrogen-bond acceptors (Lipinski definition) is 3. The van der Waals surface area contributed by atoms with E-state index in [0.29, 0.717) is 11.8 Å². The van der Waals surface area contributed by atoms with Crippen LogP contribution in [-0.4, -0.2) is 25.3 Å². The quantitative estimate of drug-likeness (QED) is 0.412. The Labute approximate surface area is 65.5 Å². The zero-order chi connectivity index (χ0) is 7.68. The molecule has 0 aromatic rings. The van der Waals surface area contributed by atoms with Crippen molar-refractivity contribution in [2.45, 2.75) is 18.9 Å². The Kier molecular flexibility index (Phi) is 1.76. The highest BCUT2D eigenvalue weighted by atomic mass is 16.5. The Morgan fingerprint density at radius 2 is 1.91 bits per heavy atom. The fourth-order valence-electron chi connectivity index (χ4n) is 2.16. The first-order valence-electron chi connectivity index (χ1n) is 4.06. The van der Waals surface area contributed by atoms with Gasteiger partial charge in [-0.3, -0.25) is 0 Å². The molecule has 3 heteroatoms. The van der Waals surface area contributed by atoms with E-state index >= 15 is 0 Å². The fourth-order valence-corrected chi connectivity index (χ4v) is 2.16. The molecule has 2 aliphatic rings. The van der Waals surface area contributed by atoms with E-state index < -0.39 is 0 Å². The molecule has 1 saturated heterocycles. The first-order chi connectivity index (χ1) is 5.42. The van der Waals surface area contributed by atoms with Crippen molar-refractivity contribution in [1.82, 2.24) is 0 Å². The van der Waals surface area contributed by atoms with Gasteiger partial charge in [0.05, 0.1) is 19.3 Å². The van der Waals surface area contributed by atoms with Gasteiger partial charge in [-0.2, -0.15) is 0 Å². The van der Waals surface area contributed by atoms with Crippen molar-refractivity contribution in [3.8, 4) is 0 Å². The number of nitrogens with zero attached hydrogens (tertiary/aromatic N) is 1. The van der Waals surface area contributed by atoms with Crippen LogP contribution in [0.2, 0.25) is 0 Å². The van der Waals surface area contributed by atoms with Gasteiger partial charge < -0.3 is 4.74 Å². The van der Waals surface area contributed by atoms with Crippen molar-refractivity contribution in [2.24, 2.45) is 16.8 Å². The number of carbonyl (C=O) groups excluding carboxylic acids is 1. The summed E-state index contributed by atoms with van der Waals surface area (Å²) in [5, 5.41) is 0. The third-order valence-corrected chi connectivity index (χ3v) is 2.74. The van der Waals surface area contributed by atoms with E-state index in [-0.39, 0.29) is 6.04 Å². The molecule has 0 radical (unpaired) electrons. The molecule has 1 aliphatic carbocycles. The fraction of sp³-hybridized carbons (Fsp3) is 0.875. The molecule has 2 rings (SSSR count). The topological polar surface area (TPSA) is 38.7 Å². The molecule has 2 unspecified atom stereocenters. The molecule has 0 aromatic heterocycles. The van der Waals surface area contributed by atoms with Crippen molar-refractivity contribution in [2.75, 3.05) is 13.2 Å². The van der Waals surface area contributed by atoms with Crippen molar-refractivity contribution < 1.29 is 9.53 Å². The summed E-state index contributed by atoms with van der Waals surface area (Å²) in [7, 11) is 0. The number of rotatable bonds is 1. The van der Waals surface area contributed by atoms with Gasteiger partial charge >= 0.3 is 0 Å². The lowest BCUT2D eigenvalue weighted by Gasteiger charge is -2.25. The molecule has 1 aliphatic heterocycles. The maximum Gasteiger partial charge on any atom is 0.235 e. The summed E-state index contributed by atoms with van der Waals surface area (Å²) >= 11 is 0. The van der Waals surface area contributed by atoms with Crippen LogP contribution in [0.5, 0.6) is 0 Å². The average molecular weight is 153 g/mol. The van der Waals surface area contributed by atoms with Crippen LogP contribution in [0.3, 0.4) is 0 Å². The number of aliphatic imine (C=N–C) groups is 1. The largest absolute Gasteiger partial charge is 0.381 e. The van der Waals surface area contributed by atoms with Crippen LogP contribution < -0.4 is 0 Å². The van der Waals surface area contributed by atoms with Gasteiger partial charge in [0.1, 0.15) is 0 Å². The van der Waals surface area contributed by atoms with Crippen molar-refractivity contribution >= 4 is 6.08 Å². The van der Waals surface area contributed by atoms with E-state index in [1.807, 2.05) is 0 Å². The summed E-state index contributed by atoms with van der Waals surface area (Å²) in [5.41, 5.74) is 0. The molecule has 0 spiro atoms. The summed E-state index contributed by atoms with van der Waals surface area (Å²) in [5.74, 6) is 0.991. The molecule has 2 fully saturated rings. The monoisotopic (exact) mass is 153 g/mol. The summed E-state index contributed by atoms with van der Waals surface area (Å²) in [6.45, 7) is 1.57. The van der Waals surface area contributed by atoms with E-state index in [9.17, 15) is 4.79 Å². The first-order valence-corrected chi connectivity index (χ1v) is 4.06. The van der Waals surface area contributed by atoms with Crippen LogP contribution in [0.4, 0.5) is 0 Å². The molecule has 60 valence electrons. The Morgan fingerprint density at radius 1 is 1.27 bits per heavy atom. The second-order valence-electron chi connectivity index (χ2n) is 3.35. The number of hydrogen-bond donors (Lipinski definition) is 0. The summed E-state index contributed by atoms with van der Waals surface area (Å²) < 4.78 is 5.34. The first kappa shape index (κ1) is 7.01. The maximum atomic E-state index is 10.1. The third kappa shape index (κ3) is 1.10. The molecule has 0 amide bonds. The Morgan fingerprint density at radius 3 is 2.45 bits per heavy atom. The van der Waals surface area contributed by atoms with Crippen LogP contribution in [0.15, 0.2) is 4.99 Å². The van der Waals surface area contributed by atoms with E-state index in [4.69, 9.17) is 4.74 Å². The van der Waals surface area contributed by atoms with Gasteiger partial charge in [-0.15, -0.1) is 0 Å². The van der Waals surface area contributed by atoms with Gasteiger partial charge in [-0.25, -0.2) is 9.79 Å². The maximum absolute atomic E-state index is 10.1. The zero-order valence-electron chi connectivity index (χ0n) is 6.32. The molecular weight excluding hydrogens is 142 g/mol. The molecule has 1 saturated carbocycles. The van der Waals surface area contributed by atoms with Crippen LogP contribution >= 0.6 is 0 Å². The second-order valence-corrected chi connectivity index (χ2v) is 3.35. The molecule has 11 heavy (non-hydrogen) atoms. The summed E-state index contributed by atoms with van der Waals surface area (Å²) in [6, 6.07) is 0.223. The lowest BCUT2D eigenvalue weighted by atomic mass is 9.97. The highest BCUT2D eigenvalue weighted by molar-refractivity contribution is 5.34. The van der Waals surface area contributed by atoms with Gasteiger partial charge in [0.2, 0.25) is 6.08 Å². The van der Waals surface area contributed by atoms with Gasteiger partial charge in [0.15, 0.2) is 0 Å². The van der Waals surface area contributed by atoms with E-state index in [2.05, 4.69) is 4.99 Å². The smallest absolute Gasteiger partial charge is 0.235 e. The predicted molar refractivity (Wildman–Crippen MR) is 38.9 cm³/mol.